The van der Waals surface area contributed by atoms with Gasteiger partial charge in [-0.3, -0.25) is 9.89 Å². The maximum atomic E-state index is 13.1. The summed E-state index contributed by atoms with van der Waals surface area (Å²) < 4.78 is 16.6. The molecule has 38 heavy (non-hydrogen) atoms. The predicted molar refractivity (Wildman–Crippen MR) is 140 cm³/mol. The minimum atomic E-state index is -0.538. The largest absolute Gasteiger partial charge is 0.496 e. The monoisotopic (exact) mass is 525 g/mol. The Morgan fingerprint density at radius 1 is 1.24 bits per heavy atom. The van der Waals surface area contributed by atoms with E-state index in [1.54, 1.807) is 26.5 Å². The van der Waals surface area contributed by atoms with Crippen molar-refractivity contribution in [3.63, 3.8) is 0 Å². The minimum absolute atomic E-state index is 0.127. The molecule has 0 unspecified atom stereocenters. The molecule has 3 N–H and O–H groups in total. The maximum Gasteiger partial charge on any atom is 0.319 e. The number of pyridine rings is 1. The summed E-state index contributed by atoms with van der Waals surface area (Å²) in [4.78, 5) is 28.6. The summed E-state index contributed by atoms with van der Waals surface area (Å²) >= 11 is 0. The van der Waals surface area contributed by atoms with Crippen LogP contribution in [0.15, 0.2) is 18.3 Å². The van der Waals surface area contributed by atoms with Crippen LogP contribution >= 0.6 is 0 Å². The van der Waals surface area contributed by atoms with E-state index in [1.807, 2.05) is 13.0 Å². The number of nitrogens with zero attached hydrogens (tertiary/aromatic N) is 5. The van der Waals surface area contributed by atoms with Crippen LogP contribution in [-0.4, -0.2) is 88.3 Å². The molecule has 0 bridgehead atoms. The quantitative estimate of drug-likeness (QED) is 0.380. The molecule has 1 aliphatic carbocycles. The summed E-state index contributed by atoms with van der Waals surface area (Å²) in [5.41, 5.74) is 1.89. The van der Waals surface area contributed by atoms with Crippen LogP contribution in [0.4, 0.5) is 5.82 Å². The van der Waals surface area contributed by atoms with Gasteiger partial charge in [0.2, 0.25) is 0 Å². The molecule has 1 amide bonds. The number of aromatic amines is 1. The molecule has 5 rings (SSSR count). The van der Waals surface area contributed by atoms with Gasteiger partial charge in [0.05, 0.1) is 36.9 Å². The Bertz CT molecular complexity index is 1260. The van der Waals surface area contributed by atoms with E-state index >= 15 is 0 Å². The van der Waals surface area contributed by atoms with Gasteiger partial charge in [0, 0.05) is 38.4 Å². The number of carbonyl (C=O) groups is 1. The van der Waals surface area contributed by atoms with E-state index in [0.717, 1.165) is 55.6 Å². The van der Waals surface area contributed by atoms with Crippen LogP contribution in [-0.2, 0) is 4.74 Å². The number of rotatable bonds is 9. The van der Waals surface area contributed by atoms with Crippen LogP contribution < -0.4 is 19.7 Å². The number of hydrogen-bond acceptors (Lipinski definition) is 10. The fraction of sp³-hybridized carbons (Fsp3) is 0.577. The fourth-order valence-electron chi connectivity index (χ4n) is 5.35. The first-order chi connectivity index (χ1) is 18.5. The molecule has 0 aromatic carbocycles. The third kappa shape index (κ3) is 5.51. The molecule has 2 aliphatic rings. The number of amides is 1. The first-order valence-corrected chi connectivity index (χ1v) is 13.1. The molecular weight excluding hydrogens is 490 g/mol. The zero-order valence-electron chi connectivity index (χ0n) is 22.0. The maximum absolute atomic E-state index is 13.1. The molecule has 1 saturated heterocycles. The lowest BCUT2D eigenvalue weighted by Gasteiger charge is -2.32. The number of aliphatic hydroxyl groups is 1. The first-order valence-electron chi connectivity index (χ1n) is 13.1. The van der Waals surface area contributed by atoms with Gasteiger partial charge in [-0.15, -0.1) is 0 Å². The average Bonchev–Trinajstić information content (AvgIpc) is 3.54. The van der Waals surface area contributed by atoms with E-state index in [-0.39, 0.29) is 35.7 Å². The van der Waals surface area contributed by atoms with Crippen LogP contribution in [0.3, 0.4) is 0 Å². The van der Waals surface area contributed by atoms with E-state index in [4.69, 9.17) is 14.2 Å². The van der Waals surface area contributed by atoms with Gasteiger partial charge < -0.3 is 29.5 Å². The molecule has 4 heterocycles. The molecule has 12 heteroatoms. The highest BCUT2D eigenvalue weighted by Crippen LogP contribution is 2.36. The van der Waals surface area contributed by atoms with Crippen molar-refractivity contribution in [1.29, 1.82) is 0 Å². The number of carbonyl (C=O) groups excluding carboxylic acids is 1. The van der Waals surface area contributed by atoms with Gasteiger partial charge in [0.25, 0.3) is 5.91 Å². The molecule has 1 saturated carbocycles. The molecule has 2 fully saturated rings. The normalized spacial score (nSPS) is 21.0. The van der Waals surface area contributed by atoms with Crippen molar-refractivity contribution in [3.05, 3.63) is 29.7 Å². The van der Waals surface area contributed by atoms with E-state index < -0.39 is 6.10 Å². The molecule has 12 nitrogen and oxygen atoms in total. The van der Waals surface area contributed by atoms with Gasteiger partial charge in [-0.2, -0.15) is 15.1 Å². The van der Waals surface area contributed by atoms with Crippen molar-refractivity contribution in [2.24, 2.45) is 0 Å². The highest BCUT2D eigenvalue weighted by atomic mass is 16.5. The van der Waals surface area contributed by atoms with Crippen LogP contribution in [0.25, 0.3) is 11.0 Å². The zero-order valence-corrected chi connectivity index (χ0v) is 22.0. The topological polar surface area (TPSA) is 148 Å². The second-order valence-electron chi connectivity index (χ2n) is 9.97. The molecule has 1 aliphatic heterocycles. The SMILES string of the molecule is COC[C@@H](C)Oc1nc(C(=O)N[C@@H]2CCC[C@@H]2O)cc(N2CCC(c3[nH]nc4nccc(OC)c34)CC2)n1. The molecule has 204 valence electrons. The number of methoxy groups -OCH3 is 2. The number of anilines is 1. The van der Waals surface area contributed by atoms with Gasteiger partial charge in [-0.05, 0) is 45.1 Å². The van der Waals surface area contributed by atoms with Crippen LogP contribution in [0, 0.1) is 0 Å². The zero-order chi connectivity index (χ0) is 26.6. The number of aliphatic hydroxyl groups excluding tert-OH is 1. The smallest absolute Gasteiger partial charge is 0.319 e. The Labute approximate surface area is 221 Å². The molecular formula is C26H35N7O5. The summed E-state index contributed by atoms with van der Waals surface area (Å²) in [6, 6.07) is 3.40. The number of fused-ring (bicyclic) bond motifs is 1. The lowest BCUT2D eigenvalue weighted by molar-refractivity contribution is 0.0826. The van der Waals surface area contributed by atoms with Crippen molar-refractivity contribution in [2.75, 3.05) is 38.8 Å². The minimum Gasteiger partial charge on any atom is -0.496 e. The summed E-state index contributed by atoms with van der Waals surface area (Å²) in [7, 11) is 3.25. The highest BCUT2D eigenvalue weighted by Gasteiger charge is 2.30. The Morgan fingerprint density at radius 3 is 2.76 bits per heavy atom. The van der Waals surface area contributed by atoms with E-state index in [2.05, 4.69) is 35.4 Å². The molecule has 3 aromatic heterocycles. The highest BCUT2D eigenvalue weighted by molar-refractivity contribution is 5.93. The van der Waals surface area contributed by atoms with Crippen LogP contribution in [0.1, 0.15) is 61.1 Å². The summed E-state index contributed by atoms with van der Waals surface area (Å²) in [6.45, 7) is 3.67. The lowest BCUT2D eigenvalue weighted by atomic mass is 9.92. The number of hydrogen-bond donors (Lipinski definition) is 3. The number of aromatic nitrogens is 5. The predicted octanol–water partition coefficient (Wildman–Crippen LogP) is 2.20. The van der Waals surface area contributed by atoms with Crippen molar-refractivity contribution in [1.82, 2.24) is 30.5 Å². The van der Waals surface area contributed by atoms with E-state index in [9.17, 15) is 9.90 Å². The van der Waals surface area contributed by atoms with Crippen molar-refractivity contribution in [3.8, 4) is 11.8 Å². The third-order valence-electron chi connectivity index (χ3n) is 7.32. The lowest BCUT2D eigenvalue weighted by Crippen LogP contribution is -2.40. The molecule has 0 spiro atoms. The third-order valence-corrected chi connectivity index (χ3v) is 7.32. The van der Waals surface area contributed by atoms with Gasteiger partial charge >= 0.3 is 6.01 Å². The number of piperidine rings is 1. The molecule has 3 aromatic rings. The molecule has 0 radical (unpaired) electrons. The second kappa shape index (κ2) is 11.5. The fourth-order valence-corrected chi connectivity index (χ4v) is 5.35. The first kappa shape index (κ1) is 26.1. The molecule has 3 atom stereocenters. The number of H-pyrrole nitrogens is 1. The van der Waals surface area contributed by atoms with E-state index in [1.165, 1.54) is 0 Å². The summed E-state index contributed by atoms with van der Waals surface area (Å²) in [5.74, 6) is 1.29. The average molecular weight is 526 g/mol. The van der Waals surface area contributed by atoms with Gasteiger partial charge in [0.15, 0.2) is 5.65 Å². The van der Waals surface area contributed by atoms with Crippen LogP contribution in [0.2, 0.25) is 0 Å². The Kier molecular flexibility index (Phi) is 7.89. The van der Waals surface area contributed by atoms with Gasteiger partial charge in [-0.25, -0.2) is 4.98 Å². The van der Waals surface area contributed by atoms with Crippen molar-refractivity contribution < 1.29 is 24.1 Å². The summed E-state index contributed by atoms with van der Waals surface area (Å²) in [6.07, 6.45) is 4.89. The van der Waals surface area contributed by atoms with Crippen LogP contribution in [0.5, 0.6) is 11.8 Å². The Morgan fingerprint density at radius 2 is 2.05 bits per heavy atom. The Hall–Kier alpha value is -3.51. The van der Waals surface area contributed by atoms with Crippen molar-refractivity contribution >= 4 is 22.8 Å². The summed E-state index contributed by atoms with van der Waals surface area (Å²) in [5, 5.41) is 21.6. The van der Waals surface area contributed by atoms with Crippen molar-refractivity contribution in [2.45, 2.75) is 63.2 Å². The Balaban J connectivity index is 1.35. The standard InChI is InChI=1S/C26H35N7O5/c1-15(14-36-2)38-26-29-18(25(35)28-17-5-4-6-19(17)34)13-21(30-26)33-11-8-16(9-12-33)23-22-20(37-3)7-10-27-24(22)32-31-23/h7,10,13,15-17,19,34H,4-6,8-9,11-12,14H2,1-3H3,(H,28,35)(H,27,31,32)/t15-,17-,19+/m1/s1. The van der Waals surface area contributed by atoms with Gasteiger partial charge in [0.1, 0.15) is 23.4 Å². The second-order valence-corrected chi connectivity index (χ2v) is 9.97. The van der Waals surface area contributed by atoms with Gasteiger partial charge in [-0.1, -0.05) is 0 Å². The number of ether oxygens (including phenoxy) is 3. The number of nitrogens with one attached hydrogen (secondary N) is 2. The van der Waals surface area contributed by atoms with E-state index in [0.29, 0.717) is 24.5 Å².